The van der Waals surface area contributed by atoms with E-state index in [0.29, 0.717) is 26.1 Å². The molecule has 2 aliphatic heterocycles. The zero-order valence-corrected chi connectivity index (χ0v) is 12.5. The summed E-state index contributed by atoms with van der Waals surface area (Å²) in [5, 5.41) is 0. The van der Waals surface area contributed by atoms with Crippen molar-refractivity contribution in [1.29, 1.82) is 0 Å². The van der Waals surface area contributed by atoms with Gasteiger partial charge < -0.3 is 19.1 Å². The van der Waals surface area contributed by atoms with Crippen LogP contribution >= 0.6 is 0 Å². The molecule has 0 aromatic rings. The smallest absolute Gasteiger partial charge is 0.410 e. The number of ether oxygens (including phenoxy) is 3. The monoisotopic (exact) mass is 285 g/mol. The minimum Gasteiger partial charge on any atom is -0.466 e. The van der Waals surface area contributed by atoms with E-state index in [0.717, 1.165) is 0 Å². The van der Waals surface area contributed by atoms with Crippen molar-refractivity contribution >= 4 is 12.1 Å². The van der Waals surface area contributed by atoms with E-state index in [9.17, 15) is 9.59 Å². The Morgan fingerprint density at radius 3 is 2.60 bits per heavy atom. The average Bonchev–Trinajstić information content (AvgIpc) is 2.62. The summed E-state index contributed by atoms with van der Waals surface area (Å²) < 4.78 is 16.2. The summed E-state index contributed by atoms with van der Waals surface area (Å²) in [6, 6.07) is 0. The molecule has 6 heteroatoms. The van der Waals surface area contributed by atoms with Crippen molar-refractivity contribution in [3.05, 3.63) is 0 Å². The highest BCUT2D eigenvalue weighted by molar-refractivity contribution is 5.74. The SMILES string of the molecule is CCOC(=O)[C@H]1C[C@@H]2CN(C(=O)OC(C)(C)C)C[C@H]1O2. The summed E-state index contributed by atoms with van der Waals surface area (Å²) in [6.07, 6.45) is -0.112. The molecule has 0 radical (unpaired) electrons. The van der Waals surface area contributed by atoms with E-state index in [-0.39, 0.29) is 30.2 Å². The number of fused-ring (bicyclic) bond motifs is 2. The van der Waals surface area contributed by atoms with Gasteiger partial charge in [0.15, 0.2) is 0 Å². The molecule has 0 aromatic carbocycles. The molecule has 20 heavy (non-hydrogen) atoms. The van der Waals surface area contributed by atoms with Crippen molar-refractivity contribution in [1.82, 2.24) is 4.90 Å². The minimum absolute atomic E-state index is 0.101. The highest BCUT2D eigenvalue weighted by Crippen LogP contribution is 2.33. The van der Waals surface area contributed by atoms with Gasteiger partial charge in [-0.1, -0.05) is 0 Å². The van der Waals surface area contributed by atoms with Crippen molar-refractivity contribution in [2.45, 2.75) is 51.9 Å². The molecule has 2 saturated heterocycles. The molecule has 2 fully saturated rings. The number of hydrogen-bond donors (Lipinski definition) is 0. The molecule has 0 spiro atoms. The molecule has 2 aliphatic rings. The van der Waals surface area contributed by atoms with Gasteiger partial charge in [-0.25, -0.2) is 4.79 Å². The van der Waals surface area contributed by atoms with Gasteiger partial charge in [-0.15, -0.1) is 0 Å². The Hall–Kier alpha value is -1.30. The molecule has 0 N–H and O–H groups in total. The van der Waals surface area contributed by atoms with Crippen molar-refractivity contribution in [3.63, 3.8) is 0 Å². The second kappa shape index (κ2) is 5.60. The van der Waals surface area contributed by atoms with Crippen LogP contribution < -0.4 is 0 Å². The number of likely N-dealkylation sites (tertiary alicyclic amines) is 1. The standard InChI is InChI=1S/C14H23NO5/c1-5-18-12(16)10-6-9-7-15(8-11(10)19-9)13(17)20-14(2,3)4/h9-11H,5-8H2,1-4H3/t9-,10+,11-/m1/s1. The number of carbonyl (C=O) groups excluding carboxylic acids is 2. The summed E-state index contributed by atoms with van der Waals surface area (Å²) in [5.74, 6) is -0.501. The molecule has 0 aromatic heterocycles. The molecule has 6 nitrogen and oxygen atoms in total. The van der Waals surface area contributed by atoms with Gasteiger partial charge in [-0.3, -0.25) is 4.79 Å². The third-order valence-electron chi connectivity index (χ3n) is 3.40. The first-order chi connectivity index (χ1) is 9.30. The van der Waals surface area contributed by atoms with Crippen molar-refractivity contribution in [2.75, 3.05) is 19.7 Å². The van der Waals surface area contributed by atoms with Crippen molar-refractivity contribution in [2.24, 2.45) is 5.92 Å². The molecule has 2 heterocycles. The zero-order valence-electron chi connectivity index (χ0n) is 12.5. The van der Waals surface area contributed by atoms with Crippen LogP contribution in [0.15, 0.2) is 0 Å². The summed E-state index contributed by atoms with van der Waals surface area (Å²) in [7, 11) is 0. The van der Waals surface area contributed by atoms with E-state index in [2.05, 4.69) is 0 Å². The van der Waals surface area contributed by atoms with E-state index < -0.39 is 5.60 Å². The number of hydrogen-bond acceptors (Lipinski definition) is 5. The normalized spacial score (nSPS) is 29.2. The van der Waals surface area contributed by atoms with Gasteiger partial charge in [0.05, 0.1) is 37.8 Å². The number of esters is 1. The lowest BCUT2D eigenvalue weighted by Gasteiger charge is -2.34. The molecule has 2 bridgehead atoms. The highest BCUT2D eigenvalue weighted by atomic mass is 16.6. The average molecular weight is 285 g/mol. The van der Waals surface area contributed by atoms with Gasteiger partial charge in [0.25, 0.3) is 0 Å². The predicted molar refractivity (Wildman–Crippen MR) is 71.2 cm³/mol. The van der Waals surface area contributed by atoms with Gasteiger partial charge in [-0.2, -0.15) is 0 Å². The molecule has 0 aliphatic carbocycles. The molecule has 0 unspecified atom stereocenters. The Balaban J connectivity index is 1.96. The summed E-state index contributed by atoms with van der Waals surface area (Å²) in [4.78, 5) is 25.6. The fourth-order valence-electron chi connectivity index (χ4n) is 2.63. The maximum atomic E-state index is 12.1. The second-order valence-electron chi connectivity index (χ2n) is 6.28. The number of carbonyl (C=O) groups is 2. The topological polar surface area (TPSA) is 65.1 Å². The largest absolute Gasteiger partial charge is 0.466 e. The minimum atomic E-state index is -0.519. The lowest BCUT2D eigenvalue weighted by Crippen LogP contribution is -2.48. The van der Waals surface area contributed by atoms with E-state index in [1.165, 1.54) is 0 Å². The molecule has 2 rings (SSSR count). The first kappa shape index (κ1) is 15.1. The fourth-order valence-corrected chi connectivity index (χ4v) is 2.63. The Kier molecular flexibility index (Phi) is 4.22. The molecule has 3 atom stereocenters. The Morgan fingerprint density at radius 1 is 1.30 bits per heavy atom. The Labute approximate surface area is 119 Å². The van der Waals surface area contributed by atoms with Crippen LogP contribution in [0.4, 0.5) is 4.79 Å². The first-order valence-corrected chi connectivity index (χ1v) is 7.10. The van der Waals surface area contributed by atoms with Crippen molar-refractivity contribution in [3.8, 4) is 0 Å². The molecule has 1 amide bonds. The quantitative estimate of drug-likeness (QED) is 0.721. The summed E-state index contributed by atoms with van der Waals surface area (Å²) in [6.45, 7) is 8.51. The van der Waals surface area contributed by atoms with Gasteiger partial charge in [0.2, 0.25) is 0 Å². The van der Waals surface area contributed by atoms with Gasteiger partial charge >= 0.3 is 12.1 Å². The molecular formula is C14H23NO5. The van der Waals surface area contributed by atoms with Crippen LogP contribution in [0.2, 0.25) is 0 Å². The Bertz CT molecular complexity index is 390. The zero-order chi connectivity index (χ0) is 14.9. The maximum absolute atomic E-state index is 12.1. The van der Waals surface area contributed by atoms with Gasteiger partial charge in [-0.05, 0) is 34.1 Å². The van der Waals surface area contributed by atoms with E-state index in [4.69, 9.17) is 14.2 Å². The molecular weight excluding hydrogens is 262 g/mol. The van der Waals surface area contributed by atoms with Crippen LogP contribution in [-0.2, 0) is 19.0 Å². The third kappa shape index (κ3) is 3.42. The van der Waals surface area contributed by atoms with Crippen LogP contribution in [-0.4, -0.2) is 54.5 Å². The number of morpholine rings is 1. The fraction of sp³-hybridized carbons (Fsp3) is 0.857. The van der Waals surface area contributed by atoms with E-state index in [1.54, 1.807) is 11.8 Å². The van der Waals surface area contributed by atoms with Crippen LogP contribution in [0.1, 0.15) is 34.1 Å². The Morgan fingerprint density at radius 2 is 2.00 bits per heavy atom. The number of nitrogens with zero attached hydrogens (tertiary/aromatic N) is 1. The lowest BCUT2D eigenvalue weighted by atomic mass is 10.0. The van der Waals surface area contributed by atoms with Crippen LogP contribution in [0.25, 0.3) is 0 Å². The van der Waals surface area contributed by atoms with Crippen LogP contribution in [0.5, 0.6) is 0 Å². The second-order valence-corrected chi connectivity index (χ2v) is 6.28. The molecule has 114 valence electrons. The van der Waals surface area contributed by atoms with Gasteiger partial charge in [0.1, 0.15) is 5.60 Å². The summed E-state index contributed by atoms with van der Waals surface area (Å²) in [5.41, 5.74) is -0.519. The van der Waals surface area contributed by atoms with Crippen LogP contribution in [0.3, 0.4) is 0 Å². The predicted octanol–water partition coefficient (Wildman–Crippen LogP) is 1.57. The third-order valence-corrected chi connectivity index (χ3v) is 3.40. The lowest BCUT2D eigenvalue weighted by molar-refractivity contribution is -0.150. The number of rotatable bonds is 2. The molecule has 0 saturated carbocycles. The first-order valence-electron chi connectivity index (χ1n) is 7.10. The van der Waals surface area contributed by atoms with Crippen LogP contribution in [0, 0.1) is 5.92 Å². The summed E-state index contributed by atoms with van der Waals surface area (Å²) >= 11 is 0. The van der Waals surface area contributed by atoms with E-state index >= 15 is 0 Å². The maximum Gasteiger partial charge on any atom is 0.410 e. The highest BCUT2D eigenvalue weighted by Gasteiger charge is 2.47. The van der Waals surface area contributed by atoms with Crippen molar-refractivity contribution < 1.29 is 23.8 Å². The van der Waals surface area contributed by atoms with E-state index in [1.807, 2.05) is 20.8 Å². The van der Waals surface area contributed by atoms with Gasteiger partial charge in [0, 0.05) is 0 Å². The number of amides is 1.